The summed E-state index contributed by atoms with van der Waals surface area (Å²) < 4.78 is 19.7. The van der Waals surface area contributed by atoms with Crippen molar-refractivity contribution in [2.45, 2.75) is 13.0 Å². The predicted molar refractivity (Wildman–Crippen MR) is 99.7 cm³/mol. The van der Waals surface area contributed by atoms with Crippen LogP contribution in [0.15, 0.2) is 24.7 Å². The average molecular weight is 372 g/mol. The number of fused-ring (bicyclic) bond motifs is 1. The number of nitrogens with one attached hydrogen (secondary N) is 2. The van der Waals surface area contributed by atoms with Crippen molar-refractivity contribution in [3.05, 3.63) is 41.6 Å². The smallest absolute Gasteiger partial charge is 0.233 e. The van der Waals surface area contributed by atoms with E-state index in [2.05, 4.69) is 25.3 Å². The predicted octanol–water partition coefficient (Wildman–Crippen LogP) is 2.10. The summed E-state index contributed by atoms with van der Waals surface area (Å²) in [5.41, 5.74) is 1.92. The fourth-order valence-corrected chi connectivity index (χ4v) is 2.74. The van der Waals surface area contributed by atoms with Gasteiger partial charge in [-0.1, -0.05) is 0 Å². The average Bonchev–Trinajstić information content (AvgIpc) is 3.08. The number of halogens is 1. The number of hydrogen-bond donors (Lipinski definition) is 2. The third-order valence-corrected chi connectivity index (χ3v) is 4.17. The largest absolute Gasteiger partial charge is 0.469 e. The summed E-state index contributed by atoms with van der Waals surface area (Å²) in [5, 5.41) is 3.07. The van der Waals surface area contributed by atoms with Crippen LogP contribution >= 0.6 is 0 Å². The molecule has 142 valence electrons. The molecule has 0 saturated carbocycles. The molecule has 0 fully saturated rings. The standard InChI is InChI=1S/C18H21FN6O2/c1-11(14-6-13(19)8-23-18(14)25(3)5-4-20-2)27-15-9-22-17-16(24-15)12(10-26)7-21-17/h6-11,20H,4-5H2,1-3H3,(H,21,22). The van der Waals surface area contributed by atoms with Gasteiger partial charge < -0.3 is 19.9 Å². The van der Waals surface area contributed by atoms with E-state index in [1.54, 1.807) is 6.92 Å². The number of aromatic nitrogens is 4. The summed E-state index contributed by atoms with van der Waals surface area (Å²) in [6.07, 6.45) is 4.36. The lowest BCUT2D eigenvalue weighted by atomic mass is 10.1. The van der Waals surface area contributed by atoms with Gasteiger partial charge >= 0.3 is 0 Å². The fraction of sp³-hybridized carbons (Fsp3) is 0.333. The number of aromatic amines is 1. The highest BCUT2D eigenvalue weighted by Crippen LogP contribution is 2.28. The van der Waals surface area contributed by atoms with Crippen molar-refractivity contribution in [1.82, 2.24) is 25.3 Å². The van der Waals surface area contributed by atoms with Crippen molar-refractivity contribution in [2.24, 2.45) is 0 Å². The molecule has 0 aromatic carbocycles. The van der Waals surface area contributed by atoms with E-state index in [1.165, 1.54) is 24.7 Å². The normalized spacial score (nSPS) is 12.1. The molecule has 0 aliphatic heterocycles. The minimum absolute atomic E-state index is 0.241. The van der Waals surface area contributed by atoms with Gasteiger partial charge in [0.25, 0.3) is 0 Å². The van der Waals surface area contributed by atoms with Gasteiger partial charge in [0, 0.05) is 31.9 Å². The maximum absolute atomic E-state index is 13.8. The minimum atomic E-state index is -0.523. The molecule has 1 atom stereocenters. The van der Waals surface area contributed by atoms with E-state index in [9.17, 15) is 9.18 Å². The van der Waals surface area contributed by atoms with Gasteiger partial charge in [0.15, 0.2) is 11.9 Å². The maximum Gasteiger partial charge on any atom is 0.233 e. The third kappa shape index (κ3) is 4.03. The number of likely N-dealkylation sites (N-methyl/N-ethyl adjacent to an activating group) is 2. The first kappa shape index (κ1) is 18.7. The van der Waals surface area contributed by atoms with Gasteiger partial charge in [-0.2, -0.15) is 0 Å². The van der Waals surface area contributed by atoms with Crippen LogP contribution in [0.4, 0.5) is 10.2 Å². The molecule has 1 unspecified atom stereocenters. The van der Waals surface area contributed by atoms with Crippen molar-refractivity contribution < 1.29 is 13.9 Å². The summed E-state index contributed by atoms with van der Waals surface area (Å²) in [5.74, 6) is 0.427. The Labute approximate surface area is 155 Å². The first-order valence-corrected chi connectivity index (χ1v) is 8.50. The van der Waals surface area contributed by atoms with Crippen LogP contribution in [0.25, 0.3) is 11.2 Å². The van der Waals surface area contributed by atoms with E-state index < -0.39 is 11.9 Å². The summed E-state index contributed by atoms with van der Waals surface area (Å²) >= 11 is 0. The van der Waals surface area contributed by atoms with Crippen LogP contribution < -0.4 is 15.0 Å². The highest BCUT2D eigenvalue weighted by atomic mass is 19.1. The van der Waals surface area contributed by atoms with Crippen molar-refractivity contribution in [3.63, 3.8) is 0 Å². The third-order valence-electron chi connectivity index (χ3n) is 4.17. The molecule has 0 aliphatic carbocycles. The number of rotatable bonds is 8. The molecule has 2 N–H and O–H groups in total. The first-order chi connectivity index (χ1) is 13.0. The number of pyridine rings is 1. The van der Waals surface area contributed by atoms with E-state index in [0.29, 0.717) is 40.9 Å². The number of hydrogen-bond acceptors (Lipinski definition) is 7. The molecular formula is C18H21FN6O2. The van der Waals surface area contributed by atoms with E-state index in [1.807, 2.05) is 19.0 Å². The Morgan fingerprint density at radius 3 is 2.96 bits per heavy atom. The fourth-order valence-electron chi connectivity index (χ4n) is 2.74. The lowest BCUT2D eigenvalue weighted by molar-refractivity contribution is 0.112. The van der Waals surface area contributed by atoms with Crippen LogP contribution in [0.2, 0.25) is 0 Å². The van der Waals surface area contributed by atoms with Crippen molar-refractivity contribution in [1.29, 1.82) is 0 Å². The lowest BCUT2D eigenvalue weighted by Crippen LogP contribution is -2.29. The Morgan fingerprint density at radius 2 is 2.22 bits per heavy atom. The number of ether oxygens (including phenoxy) is 1. The molecular weight excluding hydrogens is 351 g/mol. The molecule has 3 aromatic heterocycles. The van der Waals surface area contributed by atoms with E-state index in [-0.39, 0.29) is 5.88 Å². The van der Waals surface area contributed by atoms with Gasteiger partial charge in [0.2, 0.25) is 5.88 Å². The number of carbonyl (C=O) groups excluding carboxylic acids is 1. The van der Waals surface area contributed by atoms with Gasteiger partial charge in [-0.15, -0.1) is 0 Å². The van der Waals surface area contributed by atoms with Gasteiger partial charge in [-0.25, -0.2) is 19.3 Å². The van der Waals surface area contributed by atoms with Crippen molar-refractivity contribution in [3.8, 4) is 5.88 Å². The van der Waals surface area contributed by atoms with Gasteiger partial charge in [0.1, 0.15) is 23.3 Å². The molecule has 0 radical (unpaired) electrons. The molecule has 27 heavy (non-hydrogen) atoms. The highest BCUT2D eigenvalue weighted by molar-refractivity contribution is 5.93. The van der Waals surface area contributed by atoms with Crippen LogP contribution in [-0.2, 0) is 0 Å². The summed E-state index contributed by atoms with van der Waals surface area (Å²) in [6.45, 7) is 3.25. The second kappa shape index (κ2) is 8.09. The Hall–Kier alpha value is -3.07. The number of nitrogens with zero attached hydrogens (tertiary/aromatic N) is 4. The van der Waals surface area contributed by atoms with E-state index in [0.717, 1.165) is 6.54 Å². The van der Waals surface area contributed by atoms with Crippen LogP contribution in [0.5, 0.6) is 5.88 Å². The molecule has 0 bridgehead atoms. The van der Waals surface area contributed by atoms with Crippen LogP contribution in [-0.4, -0.2) is 53.4 Å². The first-order valence-electron chi connectivity index (χ1n) is 8.50. The Balaban J connectivity index is 1.88. The monoisotopic (exact) mass is 372 g/mol. The lowest BCUT2D eigenvalue weighted by Gasteiger charge is -2.24. The maximum atomic E-state index is 13.8. The Morgan fingerprint density at radius 1 is 1.41 bits per heavy atom. The molecule has 0 spiro atoms. The van der Waals surface area contributed by atoms with Crippen LogP contribution in [0.1, 0.15) is 28.9 Å². The molecule has 3 heterocycles. The van der Waals surface area contributed by atoms with Crippen molar-refractivity contribution >= 4 is 23.3 Å². The zero-order chi connectivity index (χ0) is 19.4. The van der Waals surface area contributed by atoms with Gasteiger partial charge in [-0.05, 0) is 20.0 Å². The quantitative estimate of drug-likeness (QED) is 0.585. The Bertz CT molecular complexity index is 945. The topological polar surface area (TPSA) is 96.0 Å². The zero-order valence-electron chi connectivity index (χ0n) is 15.4. The molecule has 3 aromatic rings. The number of H-pyrrole nitrogens is 1. The van der Waals surface area contributed by atoms with E-state index >= 15 is 0 Å². The molecule has 0 amide bonds. The molecule has 8 nitrogen and oxygen atoms in total. The SMILES string of the molecule is CNCCN(C)c1ncc(F)cc1C(C)Oc1cnc2[nH]cc(C=O)c2n1. The zero-order valence-corrected chi connectivity index (χ0v) is 15.4. The molecule has 9 heteroatoms. The number of aldehydes is 1. The second-order valence-corrected chi connectivity index (χ2v) is 6.12. The Kier molecular flexibility index (Phi) is 5.60. The summed E-state index contributed by atoms with van der Waals surface area (Å²) in [6, 6.07) is 1.40. The number of anilines is 1. The summed E-state index contributed by atoms with van der Waals surface area (Å²) in [4.78, 5) is 28.6. The van der Waals surface area contributed by atoms with Crippen molar-refractivity contribution in [2.75, 3.05) is 32.1 Å². The highest BCUT2D eigenvalue weighted by Gasteiger charge is 2.19. The second-order valence-electron chi connectivity index (χ2n) is 6.12. The number of carbonyl (C=O) groups is 1. The molecule has 0 aliphatic rings. The van der Waals surface area contributed by atoms with Gasteiger partial charge in [0.05, 0.1) is 18.0 Å². The van der Waals surface area contributed by atoms with Crippen LogP contribution in [0, 0.1) is 5.82 Å². The van der Waals surface area contributed by atoms with Gasteiger partial charge in [-0.3, -0.25) is 4.79 Å². The molecule has 0 saturated heterocycles. The van der Waals surface area contributed by atoms with E-state index in [4.69, 9.17) is 4.74 Å². The minimum Gasteiger partial charge on any atom is -0.469 e. The summed E-state index contributed by atoms with van der Waals surface area (Å²) in [7, 11) is 3.75. The molecule has 3 rings (SSSR count). The van der Waals surface area contributed by atoms with Crippen LogP contribution in [0.3, 0.4) is 0 Å².